The fraction of sp³-hybridized carbons (Fsp3) is 0.600. The molecule has 0 radical (unpaired) electrons. The van der Waals surface area contributed by atoms with Gasteiger partial charge in [-0.3, -0.25) is 4.79 Å². The summed E-state index contributed by atoms with van der Waals surface area (Å²) in [5, 5.41) is 30.3. The molecule has 7 heteroatoms. The van der Waals surface area contributed by atoms with Crippen LogP contribution in [0.1, 0.15) is 28.5 Å². The molecule has 0 saturated carbocycles. The zero-order chi connectivity index (χ0) is 12.6. The summed E-state index contributed by atoms with van der Waals surface area (Å²) in [6, 6.07) is 0. The number of Topliss-reactive ketones (excluding diaryl/α,β-unsaturated/α-hetero) is 1. The fourth-order valence-corrected chi connectivity index (χ4v) is 2.61. The third kappa shape index (κ3) is 2.24. The molecule has 1 unspecified atom stereocenters. The van der Waals surface area contributed by atoms with E-state index in [2.05, 4.69) is 4.98 Å². The first-order chi connectivity index (χ1) is 8.04. The van der Waals surface area contributed by atoms with E-state index in [1.54, 1.807) is 5.38 Å². The maximum Gasteiger partial charge on any atom is 0.178 e. The zero-order valence-electron chi connectivity index (χ0n) is 9.11. The molecule has 2 heterocycles. The number of aliphatic hydroxyl groups is 3. The van der Waals surface area contributed by atoms with E-state index in [1.165, 1.54) is 18.3 Å². The average molecular weight is 259 g/mol. The van der Waals surface area contributed by atoms with Crippen LogP contribution < -0.4 is 0 Å². The number of nitrogens with zero attached hydrogens (tertiary/aromatic N) is 1. The summed E-state index contributed by atoms with van der Waals surface area (Å²) in [7, 11) is 0. The zero-order valence-corrected chi connectivity index (χ0v) is 9.92. The van der Waals surface area contributed by atoms with Gasteiger partial charge >= 0.3 is 0 Å². The molecule has 0 bridgehead atoms. The van der Waals surface area contributed by atoms with Crippen molar-refractivity contribution in [3.63, 3.8) is 0 Å². The van der Waals surface area contributed by atoms with Gasteiger partial charge in [0.15, 0.2) is 5.78 Å². The number of thiazole rings is 1. The van der Waals surface area contributed by atoms with Crippen molar-refractivity contribution in [1.82, 2.24) is 4.98 Å². The van der Waals surface area contributed by atoms with E-state index in [0.29, 0.717) is 10.7 Å². The van der Waals surface area contributed by atoms with Crippen molar-refractivity contribution in [2.75, 3.05) is 6.61 Å². The minimum Gasteiger partial charge on any atom is -0.394 e. The Bertz CT molecular complexity index is 421. The molecule has 2 rings (SSSR count). The van der Waals surface area contributed by atoms with Gasteiger partial charge in [-0.2, -0.15) is 0 Å². The molecule has 4 atom stereocenters. The predicted octanol–water partition coefficient (Wildman–Crippen LogP) is -0.500. The van der Waals surface area contributed by atoms with E-state index in [4.69, 9.17) is 9.84 Å². The van der Waals surface area contributed by atoms with Gasteiger partial charge in [-0.05, 0) is 0 Å². The first-order valence-electron chi connectivity index (χ1n) is 5.13. The second-order valence-corrected chi connectivity index (χ2v) is 4.78. The lowest BCUT2D eigenvalue weighted by molar-refractivity contribution is -0.0228. The van der Waals surface area contributed by atoms with Gasteiger partial charge in [-0.15, -0.1) is 11.3 Å². The number of rotatable bonds is 3. The lowest BCUT2D eigenvalue weighted by atomic mass is 10.1. The maximum atomic E-state index is 11.1. The van der Waals surface area contributed by atoms with Gasteiger partial charge < -0.3 is 20.1 Å². The van der Waals surface area contributed by atoms with Crippen LogP contribution in [-0.4, -0.2) is 51.0 Å². The quantitative estimate of drug-likeness (QED) is 0.633. The average Bonchev–Trinajstić information content (AvgIpc) is 2.87. The summed E-state index contributed by atoms with van der Waals surface area (Å²) in [5.74, 6) is -0.167. The summed E-state index contributed by atoms with van der Waals surface area (Å²) < 4.78 is 5.30. The largest absolute Gasteiger partial charge is 0.394 e. The van der Waals surface area contributed by atoms with Gasteiger partial charge in [0.2, 0.25) is 0 Å². The van der Waals surface area contributed by atoms with Gasteiger partial charge in [-0.1, -0.05) is 0 Å². The van der Waals surface area contributed by atoms with Crippen molar-refractivity contribution in [2.45, 2.75) is 31.3 Å². The normalized spacial score (nSPS) is 32.9. The molecule has 0 spiro atoms. The van der Waals surface area contributed by atoms with Crippen LogP contribution in [0.4, 0.5) is 0 Å². The van der Waals surface area contributed by atoms with Crippen molar-refractivity contribution in [3.05, 3.63) is 16.1 Å². The molecule has 1 aliphatic rings. The number of carbonyl (C=O) groups is 1. The first kappa shape index (κ1) is 12.6. The summed E-state index contributed by atoms with van der Waals surface area (Å²) >= 11 is 1.18. The fourth-order valence-electron chi connectivity index (χ4n) is 1.68. The molecule has 0 amide bonds. The highest BCUT2D eigenvalue weighted by atomic mass is 32.1. The molecule has 1 saturated heterocycles. The lowest BCUT2D eigenvalue weighted by Gasteiger charge is -2.11. The Morgan fingerprint density at radius 1 is 1.53 bits per heavy atom. The Balaban J connectivity index is 2.19. The third-order valence-electron chi connectivity index (χ3n) is 2.67. The summed E-state index contributed by atoms with van der Waals surface area (Å²) in [4.78, 5) is 15.1. The van der Waals surface area contributed by atoms with Gasteiger partial charge in [0, 0.05) is 12.3 Å². The number of aliphatic hydroxyl groups excluding tert-OH is 3. The van der Waals surface area contributed by atoms with Crippen LogP contribution in [0.2, 0.25) is 0 Å². The molecule has 0 aliphatic carbocycles. The number of aromatic nitrogens is 1. The summed E-state index contributed by atoms with van der Waals surface area (Å²) in [5.41, 5.74) is 0.308. The van der Waals surface area contributed by atoms with Crippen LogP contribution in [0.5, 0.6) is 0 Å². The summed E-state index contributed by atoms with van der Waals surface area (Å²) in [6.45, 7) is 1.02. The summed E-state index contributed by atoms with van der Waals surface area (Å²) in [6.07, 6.45) is -3.90. The van der Waals surface area contributed by atoms with Crippen molar-refractivity contribution in [1.29, 1.82) is 0 Å². The molecular formula is C10H13NO5S. The molecule has 6 nitrogen and oxygen atoms in total. The van der Waals surface area contributed by atoms with Crippen molar-refractivity contribution in [3.8, 4) is 0 Å². The Morgan fingerprint density at radius 2 is 2.24 bits per heavy atom. The standard InChI is InChI=1S/C10H13NO5S/c1-4(13)5-3-17-10(11-5)9-8(15)7(14)6(2-12)16-9/h3,6-9,12,14-15H,2H2,1H3/t6-,7+,8?,9-/m1/s1. The molecular weight excluding hydrogens is 246 g/mol. The Kier molecular flexibility index (Phi) is 3.55. The molecule has 94 valence electrons. The monoisotopic (exact) mass is 259 g/mol. The van der Waals surface area contributed by atoms with Gasteiger partial charge in [-0.25, -0.2) is 4.98 Å². The van der Waals surface area contributed by atoms with Gasteiger partial charge in [0.25, 0.3) is 0 Å². The van der Waals surface area contributed by atoms with Crippen LogP contribution >= 0.6 is 11.3 Å². The van der Waals surface area contributed by atoms with Crippen molar-refractivity contribution >= 4 is 17.1 Å². The molecule has 1 aliphatic heterocycles. The van der Waals surface area contributed by atoms with E-state index in [9.17, 15) is 15.0 Å². The molecule has 1 fully saturated rings. The van der Waals surface area contributed by atoms with Gasteiger partial charge in [0.1, 0.15) is 35.1 Å². The van der Waals surface area contributed by atoms with E-state index < -0.39 is 24.4 Å². The topological polar surface area (TPSA) is 99.9 Å². The van der Waals surface area contributed by atoms with E-state index in [-0.39, 0.29) is 12.4 Å². The van der Waals surface area contributed by atoms with Crippen LogP contribution in [0.3, 0.4) is 0 Å². The van der Waals surface area contributed by atoms with Crippen LogP contribution in [0.25, 0.3) is 0 Å². The molecule has 1 aromatic rings. The number of ketones is 1. The van der Waals surface area contributed by atoms with Crippen LogP contribution in [-0.2, 0) is 4.74 Å². The number of ether oxygens (including phenoxy) is 1. The Labute approximate surface area is 101 Å². The second kappa shape index (κ2) is 4.79. The van der Waals surface area contributed by atoms with Crippen LogP contribution in [0.15, 0.2) is 5.38 Å². The lowest BCUT2D eigenvalue weighted by Crippen LogP contribution is -2.32. The minimum atomic E-state index is -1.14. The van der Waals surface area contributed by atoms with E-state index in [1.807, 2.05) is 0 Å². The highest BCUT2D eigenvalue weighted by Gasteiger charge is 2.44. The van der Waals surface area contributed by atoms with Crippen LogP contribution in [0, 0.1) is 0 Å². The molecule has 1 aromatic heterocycles. The third-order valence-corrected chi connectivity index (χ3v) is 3.57. The second-order valence-electron chi connectivity index (χ2n) is 3.89. The highest BCUT2D eigenvalue weighted by Crippen LogP contribution is 2.34. The minimum absolute atomic E-state index is 0.167. The smallest absolute Gasteiger partial charge is 0.178 e. The molecule has 3 N–H and O–H groups in total. The first-order valence-corrected chi connectivity index (χ1v) is 6.01. The Morgan fingerprint density at radius 3 is 2.71 bits per heavy atom. The van der Waals surface area contributed by atoms with Gasteiger partial charge in [0.05, 0.1) is 6.61 Å². The predicted molar refractivity (Wildman–Crippen MR) is 58.8 cm³/mol. The van der Waals surface area contributed by atoms with E-state index in [0.717, 1.165) is 0 Å². The number of hydrogen-bond acceptors (Lipinski definition) is 7. The van der Waals surface area contributed by atoms with E-state index >= 15 is 0 Å². The SMILES string of the molecule is CC(=O)c1csc([C@@H]2O[C@H](CO)[C@H](O)C2O)n1. The van der Waals surface area contributed by atoms with Crippen molar-refractivity contribution in [2.24, 2.45) is 0 Å². The number of hydrogen-bond donors (Lipinski definition) is 3. The highest BCUT2D eigenvalue weighted by molar-refractivity contribution is 7.09. The maximum absolute atomic E-state index is 11.1. The molecule has 0 aromatic carbocycles. The number of carbonyl (C=O) groups excluding carboxylic acids is 1. The van der Waals surface area contributed by atoms with Crippen molar-refractivity contribution < 1.29 is 24.9 Å². The molecule has 17 heavy (non-hydrogen) atoms. The Hall–Kier alpha value is -0.860.